The summed E-state index contributed by atoms with van der Waals surface area (Å²) >= 11 is 7.07. The van der Waals surface area contributed by atoms with Crippen molar-refractivity contribution in [1.82, 2.24) is 5.32 Å². The average Bonchev–Trinajstić information content (AvgIpc) is 2.63. The molecule has 2 aromatic rings. The van der Waals surface area contributed by atoms with Crippen LogP contribution >= 0.6 is 23.4 Å². The number of amides is 1. The molecule has 0 bridgehead atoms. The monoisotopic (exact) mass is 466 g/mol. The summed E-state index contributed by atoms with van der Waals surface area (Å²) in [6.45, 7) is -0.377. The van der Waals surface area contributed by atoms with Crippen LogP contribution in [0.25, 0.3) is 0 Å². The molecule has 0 aromatic heterocycles. The Bertz CT molecular complexity index is 955. The highest BCUT2D eigenvalue weighted by molar-refractivity contribution is 7.99. The van der Waals surface area contributed by atoms with Crippen LogP contribution in [0, 0.1) is 0 Å². The Morgan fingerprint density at radius 1 is 1.17 bits per heavy atom. The van der Waals surface area contributed by atoms with Crippen LogP contribution in [0.5, 0.6) is 0 Å². The van der Waals surface area contributed by atoms with E-state index in [1.165, 1.54) is 11.8 Å². The smallest absolute Gasteiger partial charge is 0.354 e. The Morgan fingerprint density at radius 2 is 1.83 bits per heavy atom. The van der Waals surface area contributed by atoms with Gasteiger partial charge < -0.3 is 5.32 Å². The number of hydrogen-bond acceptors (Lipinski definition) is 4. The van der Waals surface area contributed by atoms with Crippen LogP contribution in [0.4, 0.5) is 18.9 Å². The summed E-state index contributed by atoms with van der Waals surface area (Å²) in [5, 5.41) is 2.01. The van der Waals surface area contributed by atoms with Gasteiger partial charge in [-0.1, -0.05) is 29.8 Å². The van der Waals surface area contributed by atoms with Crippen LogP contribution in [0.15, 0.2) is 53.4 Å². The maximum atomic E-state index is 13.1. The number of nitrogens with one attached hydrogen (secondary N) is 1. The standard InChI is InChI=1S/C18H18ClF3N2O3S2/c1-29(26,27)24(13-7-8-16(19)15(11-13)18(20,21)22)12-17(25)23-9-10-28-14-5-3-2-4-6-14/h2-8,11H,9-10,12H2,1H3,(H,23,25). The lowest BCUT2D eigenvalue weighted by atomic mass is 10.2. The van der Waals surface area contributed by atoms with E-state index in [1.54, 1.807) is 0 Å². The van der Waals surface area contributed by atoms with Gasteiger partial charge in [0, 0.05) is 17.2 Å². The van der Waals surface area contributed by atoms with Crippen LogP contribution in [-0.2, 0) is 21.0 Å². The van der Waals surface area contributed by atoms with Gasteiger partial charge in [-0.15, -0.1) is 11.8 Å². The normalized spacial score (nSPS) is 11.9. The zero-order valence-corrected chi connectivity index (χ0v) is 17.6. The Balaban J connectivity index is 2.05. The van der Waals surface area contributed by atoms with E-state index in [0.717, 1.165) is 23.3 Å². The van der Waals surface area contributed by atoms with Crippen molar-refractivity contribution in [2.45, 2.75) is 11.1 Å². The van der Waals surface area contributed by atoms with Crippen molar-refractivity contribution in [3.8, 4) is 0 Å². The van der Waals surface area contributed by atoms with E-state index in [-0.39, 0.29) is 12.2 Å². The lowest BCUT2D eigenvalue weighted by Gasteiger charge is -2.23. The lowest BCUT2D eigenvalue weighted by molar-refractivity contribution is -0.137. The second-order valence-electron chi connectivity index (χ2n) is 5.94. The van der Waals surface area contributed by atoms with Crippen molar-refractivity contribution < 1.29 is 26.4 Å². The fourth-order valence-electron chi connectivity index (χ4n) is 2.35. The third-order valence-corrected chi connectivity index (χ3v) is 6.15. The topological polar surface area (TPSA) is 66.5 Å². The van der Waals surface area contributed by atoms with E-state index in [9.17, 15) is 26.4 Å². The van der Waals surface area contributed by atoms with Crippen molar-refractivity contribution in [3.63, 3.8) is 0 Å². The zero-order valence-electron chi connectivity index (χ0n) is 15.2. The fraction of sp³-hybridized carbons (Fsp3) is 0.278. The Labute approximate surface area is 176 Å². The molecule has 0 aliphatic carbocycles. The molecule has 0 aliphatic heterocycles. The minimum atomic E-state index is -4.76. The molecule has 2 rings (SSSR count). The van der Waals surface area contributed by atoms with Crippen LogP contribution in [0.3, 0.4) is 0 Å². The highest BCUT2D eigenvalue weighted by Gasteiger charge is 2.34. The second kappa shape index (κ2) is 9.73. The largest absolute Gasteiger partial charge is 0.417 e. The first-order valence-electron chi connectivity index (χ1n) is 8.27. The van der Waals surface area contributed by atoms with E-state index >= 15 is 0 Å². The number of sulfonamides is 1. The number of rotatable bonds is 8. The molecule has 0 radical (unpaired) electrons. The number of carbonyl (C=O) groups excluding carboxylic acids is 1. The molecule has 0 atom stereocenters. The molecule has 0 saturated carbocycles. The van der Waals surface area contributed by atoms with Crippen molar-refractivity contribution in [2.75, 3.05) is 29.4 Å². The summed E-state index contributed by atoms with van der Waals surface area (Å²) in [5.41, 5.74) is -1.47. The second-order valence-corrected chi connectivity index (χ2v) is 9.43. The molecule has 0 aliphatic rings. The number of thioether (sulfide) groups is 1. The third kappa shape index (κ3) is 7.13. The number of alkyl halides is 3. The van der Waals surface area contributed by atoms with Gasteiger partial charge in [-0.25, -0.2) is 8.42 Å². The first-order valence-corrected chi connectivity index (χ1v) is 11.5. The van der Waals surface area contributed by atoms with Gasteiger partial charge in [-0.05, 0) is 30.3 Å². The molecule has 5 nitrogen and oxygen atoms in total. The minimum absolute atomic E-state index is 0.268. The van der Waals surface area contributed by atoms with Gasteiger partial charge in [-0.2, -0.15) is 13.2 Å². The van der Waals surface area contributed by atoms with E-state index in [1.807, 2.05) is 30.3 Å². The Morgan fingerprint density at radius 3 is 2.41 bits per heavy atom. The van der Waals surface area contributed by atoms with E-state index < -0.39 is 39.2 Å². The number of halogens is 4. The summed E-state index contributed by atoms with van der Waals surface area (Å²) in [6.07, 6.45) is -3.94. The molecular formula is C18H18ClF3N2O3S2. The predicted molar refractivity (Wildman–Crippen MR) is 109 cm³/mol. The van der Waals surface area contributed by atoms with Crippen molar-refractivity contribution in [1.29, 1.82) is 0 Å². The quantitative estimate of drug-likeness (QED) is 0.471. The first kappa shape index (κ1) is 23.4. The van der Waals surface area contributed by atoms with Crippen molar-refractivity contribution in [3.05, 3.63) is 59.1 Å². The van der Waals surface area contributed by atoms with Gasteiger partial charge in [-0.3, -0.25) is 9.10 Å². The van der Waals surface area contributed by atoms with Gasteiger partial charge in [0.05, 0.1) is 22.5 Å². The maximum absolute atomic E-state index is 13.1. The summed E-state index contributed by atoms with van der Waals surface area (Å²) in [7, 11) is -4.00. The Hall–Kier alpha value is -1.91. The maximum Gasteiger partial charge on any atom is 0.417 e. The number of nitrogens with zero attached hydrogens (tertiary/aromatic N) is 1. The predicted octanol–water partition coefficient (Wildman–Crippen LogP) is 4.03. The summed E-state index contributed by atoms with van der Waals surface area (Å²) in [5.74, 6) is -0.0825. The molecule has 29 heavy (non-hydrogen) atoms. The molecule has 2 aromatic carbocycles. The highest BCUT2D eigenvalue weighted by Crippen LogP contribution is 2.37. The molecule has 0 spiro atoms. The number of hydrogen-bond donors (Lipinski definition) is 1. The van der Waals surface area contributed by atoms with Crippen LogP contribution < -0.4 is 9.62 Å². The number of anilines is 1. The van der Waals surface area contributed by atoms with Crippen LogP contribution in [0.1, 0.15) is 5.56 Å². The molecule has 158 valence electrons. The van der Waals surface area contributed by atoms with Gasteiger partial charge in [0.1, 0.15) is 6.54 Å². The van der Waals surface area contributed by atoms with Gasteiger partial charge in [0.25, 0.3) is 0 Å². The van der Waals surface area contributed by atoms with Crippen molar-refractivity contribution >= 4 is 45.0 Å². The van der Waals surface area contributed by atoms with Crippen molar-refractivity contribution in [2.24, 2.45) is 0 Å². The Kier molecular flexibility index (Phi) is 7.84. The molecular weight excluding hydrogens is 449 g/mol. The molecule has 1 amide bonds. The minimum Gasteiger partial charge on any atom is -0.354 e. The average molecular weight is 467 g/mol. The number of carbonyl (C=O) groups is 1. The molecule has 1 N–H and O–H groups in total. The fourth-order valence-corrected chi connectivity index (χ4v) is 4.21. The van der Waals surface area contributed by atoms with Crippen LogP contribution in [-0.4, -0.2) is 39.4 Å². The van der Waals surface area contributed by atoms with Gasteiger partial charge in [0.15, 0.2) is 0 Å². The van der Waals surface area contributed by atoms with Gasteiger partial charge >= 0.3 is 6.18 Å². The lowest BCUT2D eigenvalue weighted by Crippen LogP contribution is -2.41. The molecule has 0 saturated heterocycles. The zero-order chi connectivity index (χ0) is 21.7. The highest BCUT2D eigenvalue weighted by atomic mass is 35.5. The van der Waals surface area contributed by atoms with Crippen LogP contribution in [0.2, 0.25) is 5.02 Å². The van der Waals surface area contributed by atoms with E-state index in [0.29, 0.717) is 16.1 Å². The third-order valence-electron chi connectivity index (χ3n) is 3.67. The molecule has 11 heteroatoms. The summed E-state index contributed by atoms with van der Waals surface area (Å²) in [4.78, 5) is 13.2. The molecule has 0 fully saturated rings. The van der Waals surface area contributed by atoms with Gasteiger partial charge in [0.2, 0.25) is 15.9 Å². The molecule has 0 heterocycles. The number of benzene rings is 2. The SMILES string of the molecule is CS(=O)(=O)N(CC(=O)NCCSc1ccccc1)c1ccc(Cl)c(C(F)(F)F)c1. The summed E-state index contributed by atoms with van der Waals surface area (Å²) in [6, 6.07) is 12.2. The first-order chi connectivity index (χ1) is 13.5. The summed E-state index contributed by atoms with van der Waals surface area (Å²) < 4.78 is 63.9. The van der Waals surface area contributed by atoms with E-state index in [4.69, 9.17) is 11.6 Å². The van der Waals surface area contributed by atoms with E-state index in [2.05, 4.69) is 5.32 Å². The molecule has 0 unspecified atom stereocenters.